The van der Waals surface area contributed by atoms with Crippen LogP contribution in [0.5, 0.6) is 11.5 Å². The molecule has 0 spiro atoms. The van der Waals surface area contributed by atoms with E-state index in [4.69, 9.17) is 14.5 Å². The lowest BCUT2D eigenvalue weighted by Crippen LogP contribution is -2.35. The van der Waals surface area contributed by atoms with E-state index in [0.717, 1.165) is 23.5 Å². The number of nitrogens with zero attached hydrogens (tertiary/aromatic N) is 2. The summed E-state index contributed by atoms with van der Waals surface area (Å²) >= 11 is 0.919. The summed E-state index contributed by atoms with van der Waals surface area (Å²) in [4.78, 5) is 10.1. The number of sulfonamides is 1. The number of pyridine rings is 1. The largest absolute Gasteiger partial charge is 0.487 e. The minimum atomic E-state index is -4.90. The Labute approximate surface area is 225 Å². The summed E-state index contributed by atoms with van der Waals surface area (Å²) in [5.74, 6) is -0.117. The van der Waals surface area contributed by atoms with Gasteiger partial charge in [-0.3, -0.25) is 0 Å². The van der Waals surface area contributed by atoms with Crippen LogP contribution in [0.2, 0.25) is 0 Å². The molecule has 1 atom stereocenters. The standard InChI is InChI=1S/C24H19F3N3O6PS2/c25-24(26,27)21-14-20(5-4-17(21)15-28)36-37(31,32)16-29-39(33,34)23-13-18-12-19(6-7-22(18)38-23)35-11-10-30-8-2-1-3-9-30/h1-9,12-14,29H,10-11,16H2/p+1. The molecule has 0 amide bonds. The molecule has 2 heterocycles. The van der Waals surface area contributed by atoms with Crippen LogP contribution >= 0.6 is 18.9 Å². The number of alkyl halides is 3. The van der Waals surface area contributed by atoms with Gasteiger partial charge in [0, 0.05) is 16.8 Å². The molecule has 39 heavy (non-hydrogen) atoms. The molecule has 0 bridgehead atoms. The summed E-state index contributed by atoms with van der Waals surface area (Å²) in [5.41, 5.74) is -2.05. The number of nitrogens with one attached hydrogen (secondary N) is 1. The summed E-state index contributed by atoms with van der Waals surface area (Å²) < 4.78 is 92.3. The first-order valence-electron chi connectivity index (χ1n) is 11.1. The van der Waals surface area contributed by atoms with Crippen LogP contribution in [0.1, 0.15) is 11.1 Å². The van der Waals surface area contributed by atoms with Gasteiger partial charge in [-0.15, -0.1) is 11.3 Å². The van der Waals surface area contributed by atoms with Crippen molar-refractivity contribution in [2.24, 2.45) is 0 Å². The molecule has 1 unspecified atom stereocenters. The quantitative estimate of drug-likeness (QED) is 0.201. The van der Waals surface area contributed by atoms with Crippen molar-refractivity contribution in [2.45, 2.75) is 16.9 Å². The van der Waals surface area contributed by atoms with Crippen LogP contribution in [0.15, 0.2) is 77.3 Å². The third-order valence-electron chi connectivity index (χ3n) is 5.24. The van der Waals surface area contributed by atoms with E-state index in [0.29, 0.717) is 35.1 Å². The van der Waals surface area contributed by atoms with Gasteiger partial charge in [0.25, 0.3) is 10.0 Å². The van der Waals surface area contributed by atoms with Gasteiger partial charge in [0.05, 0.1) is 17.2 Å². The van der Waals surface area contributed by atoms with Crippen LogP contribution < -0.4 is 18.5 Å². The van der Waals surface area contributed by atoms with E-state index < -0.39 is 47.0 Å². The number of fused-ring (bicyclic) bond motifs is 1. The second-order valence-electron chi connectivity index (χ2n) is 8.08. The summed E-state index contributed by atoms with van der Waals surface area (Å²) in [6.07, 6.45) is -2.21. The molecule has 0 saturated heterocycles. The van der Waals surface area contributed by atoms with E-state index in [-0.39, 0.29) is 4.21 Å². The summed E-state index contributed by atoms with van der Waals surface area (Å²) in [6.45, 7) is 0.988. The van der Waals surface area contributed by atoms with Crippen LogP contribution in [-0.4, -0.2) is 26.2 Å². The Hall–Kier alpha value is -3.47. The maximum absolute atomic E-state index is 13.1. The van der Waals surface area contributed by atoms with Gasteiger partial charge >= 0.3 is 13.8 Å². The van der Waals surface area contributed by atoms with Crippen molar-refractivity contribution < 1.29 is 44.9 Å². The average molecular weight is 599 g/mol. The molecular formula is C24H20F3N3O6PS2+. The Kier molecular flexibility index (Phi) is 8.29. The lowest BCUT2D eigenvalue weighted by molar-refractivity contribution is -0.697. The Morgan fingerprint density at radius 1 is 1.08 bits per heavy atom. The summed E-state index contributed by atoms with van der Waals surface area (Å²) in [6, 6.07) is 15.6. The van der Waals surface area contributed by atoms with Crippen molar-refractivity contribution in [3.8, 4) is 17.6 Å². The molecule has 2 aromatic heterocycles. The van der Waals surface area contributed by atoms with Gasteiger partial charge in [-0.25, -0.2) is 17.5 Å². The number of ether oxygens (including phenoxy) is 1. The molecule has 2 N–H and O–H groups in total. The van der Waals surface area contributed by atoms with Gasteiger partial charge in [-0.05, 0) is 47.9 Å². The molecule has 9 nitrogen and oxygen atoms in total. The third-order valence-corrected chi connectivity index (χ3v) is 9.50. The monoisotopic (exact) mass is 598 g/mol. The van der Waals surface area contributed by atoms with E-state index in [1.165, 1.54) is 12.1 Å². The molecule has 0 aliphatic carbocycles. The minimum absolute atomic E-state index is 0.146. The molecule has 0 fully saturated rings. The Bertz CT molecular complexity index is 1690. The normalized spacial score (nSPS) is 13.5. The first-order valence-corrected chi connectivity index (χ1v) is 15.2. The minimum Gasteiger partial charge on any atom is -0.487 e. The number of rotatable bonds is 10. The highest BCUT2D eigenvalue weighted by molar-refractivity contribution is 7.92. The van der Waals surface area contributed by atoms with E-state index in [9.17, 15) is 31.0 Å². The Balaban J connectivity index is 1.41. The number of hydrogen-bond donors (Lipinski definition) is 2. The lowest BCUT2D eigenvalue weighted by atomic mass is 10.1. The van der Waals surface area contributed by atoms with E-state index in [1.54, 1.807) is 18.2 Å². The predicted octanol–water partition coefficient (Wildman–Crippen LogP) is 4.66. The average Bonchev–Trinajstić information content (AvgIpc) is 3.32. The van der Waals surface area contributed by atoms with Gasteiger partial charge in [0.1, 0.15) is 28.6 Å². The van der Waals surface area contributed by atoms with Crippen LogP contribution in [0, 0.1) is 11.3 Å². The Morgan fingerprint density at radius 3 is 2.49 bits per heavy atom. The smallest absolute Gasteiger partial charge is 0.417 e. The summed E-state index contributed by atoms with van der Waals surface area (Å²) in [5, 5.41) is 9.43. The number of halogens is 3. The molecular weight excluding hydrogens is 578 g/mol. The topological polar surface area (TPSA) is 130 Å². The van der Waals surface area contributed by atoms with Crippen molar-refractivity contribution in [1.82, 2.24) is 4.72 Å². The van der Waals surface area contributed by atoms with Crippen LogP contribution in [0.4, 0.5) is 13.2 Å². The first-order chi connectivity index (χ1) is 18.4. The van der Waals surface area contributed by atoms with Crippen molar-refractivity contribution in [3.63, 3.8) is 0 Å². The van der Waals surface area contributed by atoms with Gasteiger partial charge in [-0.2, -0.15) is 23.2 Å². The lowest BCUT2D eigenvalue weighted by Gasteiger charge is -2.16. The van der Waals surface area contributed by atoms with E-state index in [2.05, 4.69) is 0 Å². The van der Waals surface area contributed by atoms with Gasteiger partial charge in [0.15, 0.2) is 18.9 Å². The van der Waals surface area contributed by atoms with Gasteiger partial charge < -0.3 is 14.2 Å². The van der Waals surface area contributed by atoms with Crippen molar-refractivity contribution in [3.05, 3.63) is 84.2 Å². The number of nitriles is 1. The maximum Gasteiger partial charge on any atom is 0.417 e. The predicted molar refractivity (Wildman–Crippen MR) is 136 cm³/mol. The molecule has 0 aliphatic rings. The van der Waals surface area contributed by atoms with Crippen molar-refractivity contribution in [2.75, 3.05) is 12.9 Å². The molecule has 4 aromatic rings. The third kappa shape index (κ3) is 7.35. The number of hydrogen-bond acceptors (Lipinski definition) is 7. The zero-order valence-corrected chi connectivity index (χ0v) is 22.4. The molecule has 0 radical (unpaired) electrons. The molecule has 2 aromatic carbocycles. The van der Waals surface area contributed by atoms with Crippen LogP contribution in [0.25, 0.3) is 10.1 Å². The second kappa shape index (κ2) is 11.3. The highest BCUT2D eigenvalue weighted by Crippen LogP contribution is 2.44. The number of benzene rings is 2. The molecule has 204 valence electrons. The SMILES string of the molecule is N#Cc1ccc(OP(=O)(O)CNS(=O)(=O)c2cc3cc(OCC[n+]4ccccc4)ccc3s2)cc1C(F)(F)F. The fourth-order valence-electron chi connectivity index (χ4n) is 3.42. The zero-order chi connectivity index (χ0) is 28.3. The van der Waals surface area contributed by atoms with Crippen LogP contribution in [-0.2, 0) is 27.3 Å². The molecule has 4 rings (SSSR count). The summed E-state index contributed by atoms with van der Waals surface area (Å²) in [7, 11) is -9.03. The first kappa shape index (κ1) is 28.5. The maximum atomic E-state index is 13.1. The molecule has 15 heteroatoms. The van der Waals surface area contributed by atoms with E-state index >= 15 is 0 Å². The van der Waals surface area contributed by atoms with Gasteiger partial charge in [-0.1, -0.05) is 6.07 Å². The van der Waals surface area contributed by atoms with Crippen LogP contribution in [0.3, 0.4) is 0 Å². The van der Waals surface area contributed by atoms with Crippen molar-refractivity contribution >= 4 is 39.0 Å². The fraction of sp³-hybridized carbons (Fsp3) is 0.167. The molecule has 0 saturated carbocycles. The Morgan fingerprint density at radius 2 is 1.79 bits per heavy atom. The fourth-order valence-corrected chi connectivity index (χ4v) is 7.34. The van der Waals surface area contributed by atoms with Gasteiger partial charge in [0.2, 0.25) is 0 Å². The second-order valence-corrected chi connectivity index (χ2v) is 12.9. The van der Waals surface area contributed by atoms with E-state index in [1.807, 2.05) is 39.9 Å². The highest BCUT2D eigenvalue weighted by Gasteiger charge is 2.35. The zero-order valence-electron chi connectivity index (χ0n) is 19.8. The van der Waals surface area contributed by atoms with Crippen molar-refractivity contribution in [1.29, 1.82) is 5.26 Å². The molecule has 0 aliphatic heterocycles. The number of thiophene rings is 1. The number of aromatic nitrogens is 1. The highest BCUT2D eigenvalue weighted by atomic mass is 32.2.